The first-order chi connectivity index (χ1) is 7.17. The van der Waals surface area contributed by atoms with Crippen LogP contribution in [0.4, 0.5) is 0 Å². The molecule has 1 aromatic heterocycles. The molecular weight excluding hydrogens is 206 g/mol. The summed E-state index contributed by atoms with van der Waals surface area (Å²) in [5.74, 6) is 0. The van der Waals surface area contributed by atoms with Crippen molar-refractivity contribution in [3.8, 4) is 0 Å². The molecule has 0 saturated carbocycles. The number of hydrogen-bond acceptors (Lipinski definition) is 3. The molecule has 0 aromatic carbocycles. The summed E-state index contributed by atoms with van der Waals surface area (Å²) >= 11 is 1.89. The van der Waals surface area contributed by atoms with Crippen LogP contribution in [0, 0.1) is 0 Å². The number of nitrogens with zero attached hydrogens (tertiary/aromatic N) is 2. The third-order valence-corrected chi connectivity index (χ3v) is 3.56. The monoisotopic (exact) mass is 227 g/mol. The Hall–Kier alpha value is -0.480. The van der Waals surface area contributed by atoms with Gasteiger partial charge in [-0.15, -0.1) is 0 Å². The third kappa shape index (κ3) is 3.87. The van der Waals surface area contributed by atoms with Gasteiger partial charge in [-0.25, -0.2) is 0 Å². The molecule has 3 nitrogen and oxygen atoms in total. The van der Waals surface area contributed by atoms with Crippen LogP contribution in [0.5, 0.6) is 0 Å². The van der Waals surface area contributed by atoms with Crippen LogP contribution in [0.15, 0.2) is 12.4 Å². The molecule has 15 heavy (non-hydrogen) atoms. The van der Waals surface area contributed by atoms with Gasteiger partial charge >= 0.3 is 0 Å². The summed E-state index contributed by atoms with van der Waals surface area (Å²) in [7, 11) is 1.96. The maximum atomic E-state index is 4.20. The van der Waals surface area contributed by atoms with Gasteiger partial charge in [-0.05, 0) is 12.7 Å². The number of nitrogens with one attached hydrogen (secondary N) is 1. The van der Waals surface area contributed by atoms with E-state index in [0.717, 1.165) is 13.0 Å². The molecule has 0 saturated heterocycles. The largest absolute Gasteiger partial charge is 0.309 e. The lowest BCUT2D eigenvalue weighted by atomic mass is 10.1. The van der Waals surface area contributed by atoms with Crippen LogP contribution < -0.4 is 5.32 Å². The Bertz CT molecular complexity index is 285. The SMILES string of the molecule is CCC(NCC(C)SC)c1cnn(C)c1. The summed E-state index contributed by atoms with van der Waals surface area (Å²) in [6, 6.07) is 0.438. The summed E-state index contributed by atoms with van der Waals surface area (Å²) in [5, 5.41) is 8.44. The second kappa shape index (κ2) is 6.18. The average Bonchev–Trinajstić information content (AvgIpc) is 2.65. The van der Waals surface area contributed by atoms with E-state index >= 15 is 0 Å². The fourth-order valence-electron chi connectivity index (χ4n) is 1.51. The number of rotatable bonds is 6. The Morgan fingerprint density at radius 2 is 2.33 bits per heavy atom. The van der Waals surface area contributed by atoms with Crippen molar-refractivity contribution in [2.45, 2.75) is 31.6 Å². The minimum Gasteiger partial charge on any atom is -0.309 e. The van der Waals surface area contributed by atoms with Gasteiger partial charge in [-0.1, -0.05) is 13.8 Å². The van der Waals surface area contributed by atoms with Crippen LogP contribution in [-0.2, 0) is 7.05 Å². The molecule has 0 fully saturated rings. The highest BCUT2D eigenvalue weighted by molar-refractivity contribution is 7.99. The van der Waals surface area contributed by atoms with Crippen molar-refractivity contribution in [1.29, 1.82) is 0 Å². The van der Waals surface area contributed by atoms with Crippen molar-refractivity contribution in [1.82, 2.24) is 15.1 Å². The molecular formula is C11H21N3S. The summed E-state index contributed by atoms with van der Waals surface area (Å²) in [6.07, 6.45) is 7.29. The van der Waals surface area contributed by atoms with E-state index in [4.69, 9.17) is 0 Å². The highest BCUT2D eigenvalue weighted by Crippen LogP contribution is 2.16. The first kappa shape index (κ1) is 12.6. The molecule has 2 unspecified atom stereocenters. The van der Waals surface area contributed by atoms with E-state index in [-0.39, 0.29) is 0 Å². The highest BCUT2D eigenvalue weighted by atomic mass is 32.2. The van der Waals surface area contributed by atoms with E-state index in [1.54, 1.807) is 0 Å². The minimum atomic E-state index is 0.438. The van der Waals surface area contributed by atoms with Crippen molar-refractivity contribution in [2.75, 3.05) is 12.8 Å². The minimum absolute atomic E-state index is 0.438. The standard InChI is InChI=1S/C11H21N3S/c1-5-11(12-6-9(2)15-4)10-7-13-14(3)8-10/h7-9,11-12H,5-6H2,1-4H3. The van der Waals surface area contributed by atoms with Gasteiger partial charge in [0.25, 0.3) is 0 Å². The van der Waals surface area contributed by atoms with Gasteiger partial charge in [0.2, 0.25) is 0 Å². The molecule has 2 atom stereocenters. The Morgan fingerprint density at radius 3 is 2.80 bits per heavy atom. The number of thioether (sulfide) groups is 1. The zero-order chi connectivity index (χ0) is 11.3. The quantitative estimate of drug-likeness (QED) is 0.808. The van der Waals surface area contributed by atoms with Crippen LogP contribution >= 0.6 is 11.8 Å². The zero-order valence-electron chi connectivity index (χ0n) is 10.0. The summed E-state index contributed by atoms with van der Waals surface area (Å²) in [6.45, 7) is 5.50. The Balaban J connectivity index is 2.49. The summed E-state index contributed by atoms with van der Waals surface area (Å²) in [5.41, 5.74) is 1.29. The number of hydrogen-bond donors (Lipinski definition) is 1. The molecule has 1 N–H and O–H groups in total. The second-order valence-electron chi connectivity index (χ2n) is 3.86. The molecule has 4 heteroatoms. The van der Waals surface area contributed by atoms with Crippen molar-refractivity contribution in [2.24, 2.45) is 7.05 Å². The number of aromatic nitrogens is 2. The predicted octanol–water partition coefficient (Wildman–Crippen LogP) is 2.21. The molecule has 0 spiro atoms. The van der Waals surface area contributed by atoms with Crippen LogP contribution in [0.1, 0.15) is 31.9 Å². The molecule has 0 radical (unpaired) electrons. The molecule has 0 aliphatic rings. The van der Waals surface area contributed by atoms with Crippen LogP contribution in [0.2, 0.25) is 0 Å². The van der Waals surface area contributed by atoms with Crippen LogP contribution in [0.3, 0.4) is 0 Å². The predicted molar refractivity (Wildman–Crippen MR) is 67.2 cm³/mol. The van der Waals surface area contributed by atoms with Crippen molar-refractivity contribution in [3.05, 3.63) is 18.0 Å². The maximum absolute atomic E-state index is 4.20. The Kier molecular flexibility index (Phi) is 5.19. The third-order valence-electron chi connectivity index (χ3n) is 2.59. The molecule has 1 heterocycles. The lowest BCUT2D eigenvalue weighted by molar-refractivity contribution is 0.522. The van der Waals surface area contributed by atoms with Crippen molar-refractivity contribution in [3.63, 3.8) is 0 Å². The van der Waals surface area contributed by atoms with Crippen LogP contribution in [0.25, 0.3) is 0 Å². The van der Waals surface area contributed by atoms with E-state index in [1.807, 2.05) is 29.7 Å². The van der Waals surface area contributed by atoms with Crippen molar-refractivity contribution >= 4 is 11.8 Å². The van der Waals surface area contributed by atoms with Crippen LogP contribution in [-0.4, -0.2) is 27.8 Å². The zero-order valence-corrected chi connectivity index (χ0v) is 10.8. The smallest absolute Gasteiger partial charge is 0.0537 e. The second-order valence-corrected chi connectivity index (χ2v) is 5.14. The first-order valence-corrected chi connectivity index (χ1v) is 6.70. The van der Waals surface area contributed by atoms with E-state index in [1.165, 1.54) is 5.56 Å². The normalized spacial score (nSPS) is 15.2. The molecule has 1 aromatic rings. The highest BCUT2D eigenvalue weighted by Gasteiger charge is 2.11. The van der Waals surface area contributed by atoms with E-state index < -0.39 is 0 Å². The molecule has 0 amide bonds. The van der Waals surface area contributed by atoms with Gasteiger partial charge in [0.05, 0.1) is 6.20 Å². The first-order valence-electron chi connectivity index (χ1n) is 5.42. The van der Waals surface area contributed by atoms with Gasteiger partial charge in [0, 0.05) is 36.6 Å². The van der Waals surface area contributed by atoms with Crippen molar-refractivity contribution < 1.29 is 0 Å². The van der Waals surface area contributed by atoms with Gasteiger partial charge in [0.1, 0.15) is 0 Å². The fraction of sp³-hybridized carbons (Fsp3) is 0.727. The van der Waals surface area contributed by atoms with Gasteiger partial charge in [0.15, 0.2) is 0 Å². The number of aryl methyl sites for hydroxylation is 1. The molecule has 0 aliphatic carbocycles. The van der Waals surface area contributed by atoms with E-state index in [9.17, 15) is 0 Å². The molecule has 0 bridgehead atoms. The lowest BCUT2D eigenvalue weighted by Gasteiger charge is -2.17. The van der Waals surface area contributed by atoms with E-state index in [2.05, 4.69) is 36.7 Å². The average molecular weight is 227 g/mol. The fourth-order valence-corrected chi connectivity index (χ4v) is 1.77. The Labute approximate surface area is 96.6 Å². The van der Waals surface area contributed by atoms with Gasteiger partial charge in [-0.2, -0.15) is 16.9 Å². The summed E-state index contributed by atoms with van der Waals surface area (Å²) in [4.78, 5) is 0. The summed E-state index contributed by atoms with van der Waals surface area (Å²) < 4.78 is 1.86. The Morgan fingerprint density at radius 1 is 1.60 bits per heavy atom. The molecule has 86 valence electrons. The lowest BCUT2D eigenvalue weighted by Crippen LogP contribution is -2.26. The molecule has 1 rings (SSSR count). The van der Waals surface area contributed by atoms with Gasteiger partial charge < -0.3 is 5.32 Å². The van der Waals surface area contributed by atoms with E-state index in [0.29, 0.717) is 11.3 Å². The maximum Gasteiger partial charge on any atom is 0.0537 e. The molecule has 0 aliphatic heterocycles. The van der Waals surface area contributed by atoms with Gasteiger partial charge in [-0.3, -0.25) is 4.68 Å². The topological polar surface area (TPSA) is 29.9 Å².